The standard InChI is InChI=1S/C21H25N3O/c1-15-11-24(12-16(2)25-15)21-8-6-19(7-9-21)22-20-5-4-17-13-23(3)14-18(17)10-20/h4-10,13-16,22H,11-12H2,1-3H3. The number of fused-ring (bicyclic) bond motifs is 1. The highest BCUT2D eigenvalue weighted by atomic mass is 16.5. The van der Waals surface area contributed by atoms with Gasteiger partial charge in [-0.05, 0) is 55.6 Å². The predicted molar refractivity (Wildman–Crippen MR) is 105 cm³/mol. The molecule has 0 aliphatic carbocycles. The Balaban J connectivity index is 1.49. The van der Waals surface area contributed by atoms with Gasteiger partial charge in [-0.3, -0.25) is 0 Å². The van der Waals surface area contributed by atoms with Crippen molar-refractivity contribution in [3.8, 4) is 0 Å². The minimum Gasteiger partial charge on any atom is -0.372 e. The topological polar surface area (TPSA) is 29.4 Å². The molecule has 4 nitrogen and oxygen atoms in total. The van der Waals surface area contributed by atoms with E-state index < -0.39 is 0 Å². The number of aromatic nitrogens is 1. The fraction of sp³-hybridized carbons (Fsp3) is 0.333. The molecule has 4 heteroatoms. The molecule has 1 aliphatic rings. The largest absolute Gasteiger partial charge is 0.372 e. The van der Waals surface area contributed by atoms with E-state index in [0.717, 1.165) is 24.5 Å². The number of hydrogen-bond donors (Lipinski definition) is 1. The average molecular weight is 335 g/mol. The normalized spacial score (nSPS) is 20.8. The van der Waals surface area contributed by atoms with Crippen molar-refractivity contribution in [1.29, 1.82) is 0 Å². The number of nitrogens with one attached hydrogen (secondary N) is 1. The van der Waals surface area contributed by atoms with Gasteiger partial charge >= 0.3 is 0 Å². The Morgan fingerprint density at radius 2 is 1.52 bits per heavy atom. The van der Waals surface area contributed by atoms with Gasteiger partial charge in [0.25, 0.3) is 0 Å². The van der Waals surface area contributed by atoms with Crippen LogP contribution >= 0.6 is 0 Å². The Labute approximate surface area is 149 Å². The van der Waals surface area contributed by atoms with Crippen LogP contribution in [0.4, 0.5) is 17.1 Å². The average Bonchev–Trinajstić information content (AvgIpc) is 2.94. The van der Waals surface area contributed by atoms with Crippen molar-refractivity contribution in [3.63, 3.8) is 0 Å². The van der Waals surface area contributed by atoms with Gasteiger partial charge in [-0.15, -0.1) is 0 Å². The zero-order chi connectivity index (χ0) is 17.4. The number of hydrogen-bond acceptors (Lipinski definition) is 3. The van der Waals surface area contributed by atoms with Crippen molar-refractivity contribution in [2.75, 3.05) is 23.3 Å². The lowest BCUT2D eigenvalue weighted by Crippen LogP contribution is -2.45. The number of nitrogens with zero attached hydrogens (tertiary/aromatic N) is 2. The van der Waals surface area contributed by atoms with E-state index >= 15 is 0 Å². The van der Waals surface area contributed by atoms with Gasteiger partial charge in [0.2, 0.25) is 0 Å². The molecule has 1 aromatic heterocycles. The van der Waals surface area contributed by atoms with E-state index in [4.69, 9.17) is 4.74 Å². The molecule has 4 rings (SSSR count). The smallest absolute Gasteiger partial charge is 0.0726 e. The first kappa shape index (κ1) is 16.0. The van der Waals surface area contributed by atoms with E-state index in [2.05, 4.69) is 90.5 Å². The maximum atomic E-state index is 5.82. The van der Waals surface area contributed by atoms with Gasteiger partial charge in [-0.25, -0.2) is 0 Å². The highest BCUT2D eigenvalue weighted by molar-refractivity contribution is 5.86. The quantitative estimate of drug-likeness (QED) is 0.762. The van der Waals surface area contributed by atoms with Crippen molar-refractivity contribution >= 4 is 27.8 Å². The van der Waals surface area contributed by atoms with Crippen molar-refractivity contribution in [2.45, 2.75) is 26.1 Å². The predicted octanol–water partition coefficient (Wildman–Crippen LogP) is 4.54. The van der Waals surface area contributed by atoms with Crippen LogP contribution in [-0.2, 0) is 11.8 Å². The maximum Gasteiger partial charge on any atom is 0.0726 e. The summed E-state index contributed by atoms with van der Waals surface area (Å²) >= 11 is 0. The molecule has 1 saturated heterocycles. The van der Waals surface area contributed by atoms with E-state index in [9.17, 15) is 0 Å². The van der Waals surface area contributed by atoms with Crippen LogP contribution in [0.25, 0.3) is 10.8 Å². The summed E-state index contributed by atoms with van der Waals surface area (Å²) in [7, 11) is 2.05. The summed E-state index contributed by atoms with van der Waals surface area (Å²) in [6.07, 6.45) is 4.83. The molecule has 3 aromatic rings. The monoisotopic (exact) mass is 335 g/mol. The molecule has 1 aliphatic heterocycles. The van der Waals surface area contributed by atoms with Crippen molar-refractivity contribution in [1.82, 2.24) is 4.57 Å². The molecule has 0 spiro atoms. The molecule has 1 fully saturated rings. The first-order chi connectivity index (χ1) is 12.1. The van der Waals surface area contributed by atoms with Gasteiger partial charge < -0.3 is 19.5 Å². The Hall–Kier alpha value is -2.46. The van der Waals surface area contributed by atoms with Gasteiger partial charge in [0.1, 0.15) is 0 Å². The number of benzene rings is 2. The van der Waals surface area contributed by atoms with Crippen LogP contribution in [0.5, 0.6) is 0 Å². The molecule has 0 radical (unpaired) electrons. The number of aryl methyl sites for hydroxylation is 1. The Morgan fingerprint density at radius 1 is 0.880 bits per heavy atom. The lowest BCUT2D eigenvalue weighted by molar-refractivity contribution is -0.00521. The summed E-state index contributed by atoms with van der Waals surface area (Å²) < 4.78 is 7.91. The molecule has 1 N–H and O–H groups in total. The van der Waals surface area contributed by atoms with E-state index in [1.165, 1.54) is 16.5 Å². The van der Waals surface area contributed by atoms with E-state index in [1.807, 2.05) is 0 Å². The summed E-state index contributed by atoms with van der Waals surface area (Å²) in [5, 5.41) is 6.01. The zero-order valence-electron chi connectivity index (χ0n) is 15.1. The SMILES string of the molecule is CC1CN(c2ccc(Nc3ccc4cn(C)cc4c3)cc2)CC(C)O1. The fourth-order valence-electron chi connectivity index (χ4n) is 3.67. The molecular formula is C21H25N3O. The second-order valence-corrected chi connectivity index (χ2v) is 7.10. The van der Waals surface area contributed by atoms with Crippen LogP contribution < -0.4 is 10.2 Å². The number of anilines is 3. The summed E-state index contributed by atoms with van der Waals surface area (Å²) in [5.41, 5.74) is 3.47. The fourth-order valence-corrected chi connectivity index (χ4v) is 3.67. The lowest BCUT2D eigenvalue weighted by Gasteiger charge is -2.36. The molecule has 2 heterocycles. The summed E-state index contributed by atoms with van der Waals surface area (Å²) in [4.78, 5) is 2.40. The Bertz CT molecular complexity index is 858. The molecule has 0 amide bonds. The lowest BCUT2D eigenvalue weighted by atomic mass is 10.1. The molecule has 2 aromatic carbocycles. The highest BCUT2D eigenvalue weighted by Crippen LogP contribution is 2.26. The number of rotatable bonds is 3. The van der Waals surface area contributed by atoms with Crippen molar-refractivity contribution in [3.05, 3.63) is 54.9 Å². The van der Waals surface area contributed by atoms with Gasteiger partial charge in [0, 0.05) is 55.0 Å². The Kier molecular flexibility index (Phi) is 4.14. The van der Waals surface area contributed by atoms with Crippen LogP contribution in [0.15, 0.2) is 54.9 Å². The van der Waals surface area contributed by atoms with Crippen LogP contribution in [0.2, 0.25) is 0 Å². The number of ether oxygens (including phenoxy) is 1. The second-order valence-electron chi connectivity index (χ2n) is 7.10. The maximum absolute atomic E-state index is 5.82. The van der Waals surface area contributed by atoms with E-state index in [0.29, 0.717) is 0 Å². The van der Waals surface area contributed by atoms with Crippen LogP contribution in [-0.4, -0.2) is 29.9 Å². The van der Waals surface area contributed by atoms with Crippen molar-refractivity contribution in [2.24, 2.45) is 7.05 Å². The van der Waals surface area contributed by atoms with Gasteiger partial charge in [0.05, 0.1) is 12.2 Å². The molecule has 25 heavy (non-hydrogen) atoms. The second kappa shape index (κ2) is 6.45. The van der Waals surface area contributed by atoms with Gasteiger partial charge in [-0.1, -0.05) is 6.07 Å². The van der Waals surface area contributed by atoms with Gasteiger partial charge in [-0.2, -0.15) is 0 Å². The minimum atomic E-state index is 0.277. The van der Waals surface area contributed by atoms with Gasteiger partial charge in [0.15, 0.2) is 0 Å². The minimum absolute atomic E-state index is 0.277. The molecule has 130 valence electrons. The molecule has 0 bridgehead atoms. The third kappa shape index (κ3) is 3.49. The summed E-state index contributed by atoms with van der Waals surface area (Å²) in [6, 6.07) is 15.1. The Morgan fingerprint density at radius 3 is 2.24 bits per heavy atom. The molecule has 2 unspecified atom stereocenters. The van der Waals surface area contributed by atoms with Crippen LogP contribution in [0.1, 0.15) is 13.8 Å². The van der Waals surface area contributed by atoms with Crippen molar-refractivity contribution < 1.29 is 4.74 Å². The zero-order valence-corrected chi connectivity index (χ0v) is 15.1. The third-order valence-corrected chi connectivity index (χ3v) is 4.71. The van der Waals surface area contributed by atoms with E-state index in [-0.39, 0.29) is 12.2 Å². The molecule has 2 atom stereocenters. The third-order valence-electron chi connectivity index (χ3n) is 4.71. The molecule has 0 saturated carbocycles. The molecular weight excluding hydrogens is 310 g/mol. The highest BCUT2D eigenvalue weighted by Gasteiger charge is 2.22. The van der Waals surface area contributed by atoms with Crippen LogP contribution in [0, 0.1) is 0 Å². The first-order valence-corrected chi connectivity index (χ1v) is 8.90. The van der Waals surface area contributed by atoms with E-state index in [1.54, 1.807) is 0 Å². The number of morpholine rings is 1. The van der Waals surface area contributed by atoms with Crippen LogP contribution in [0.3, 0.4) is 0 Å². The summed E-state index contributed by atoms with van der Waals surface area (Å²) in [6.45, 7) is 6.17. The summed E-state index contributed by atoms with van der Waals surface area (Å²) in [5.74, 6) is 0. The first-order valence-electron chi connectivity index (χ1n) is 8.90.